The van der Waals surface area contributed by atoms with E-state index in [4.69, 9.17) is 16.3 Å². The Morgan fingerprint density at radius 3 is 2.58 bits per heavy atom. The summed E-state index contributed by atoms with van der Waals surface area (Å²) in [7, 11) is 0. The van der Waals surface area contributed by atoms with Crippen LogP contribution in [0.3, 0.4) is 0 Å². The van der Waals surface area contributed by atoms with Gasteiger partial charge in [-0.25, -0.2) is 0 Å². The van der Waals surface area contributed by atoms with Gasteiger partial charge in [0.15, 0.2) is 11.0 Å². The van der Waals surface area contributed by atoms with E-state index in [0.717, 1.165) is 28.8 Å². The third kappa shape index (κ3) is 6.32. The first kappa shape index (κ1) is 25.5. The Bertz CT molecular complexity index is 1340. The molecule has 0 fully saturated rings. The fourth-order valence-corrected chi connectivity index (χ4v) is 4.30. The van der Waals surface area contributed by atoms with Crippen LogP contribution in [0.2, 0.25) is 5.02 Å². The van der Waals surface area contributed by atoms with Crippen molar-refractivity contribution >= 4 is 35.0 Å². The molecule has 4 rings (SSSR count). The lowest BCUT2D eigenvalue weighted by Crippen LogP contribution is -2.16. The van der Waals surface area contributed by atoms with Crippen LogP contribution in [0.5, 0.6) is 11.5 Å². The molecule has 0 atom stereocenters. The first-order valence-electron chi connectivity index (χ1n) is 10.9. The Labute approximate surface area is 215 Å². The molecule has 1 heterocycles. The molecular weight excluding hydrogens is 510 g/mol. The summed E-state index contributed by atoms with van der Waals surface area (Å²) >= 11 is 7.34. The summed E-state index contributed by atoms with van der Waals surface area (Å²) in [6.45, 7) is -0.556. The van der Waals surface area contributed by atoms with Gasteiger partial charge >= 0.3 is 6.61 Å². The van der Waals surface area contributed by atoms with Crippen LogP contribution in [0.4, 0.5) is 14.5 Å². The monoisotopic (exact) mass is 530 g/mol. The molecule has 0 unspecified atom stereocenters. The van der Waals surface area contributed by atoms with Crippen molar-refractivity contribution in [1.29, 1.82) is 0 Å². The number of ether oxygens (including phenoxy) is 2. The number of hydrogen-bond acceptors (Lipinski definition) is 6. The summed E-state index contributed by atoms with van der Waals surface area (Å²) in [5.41, 5.74) is 1.66. The summed E-state index contributed by atoms with van der Waals surface area (Å²) in [5.74, 6) is 0.674. The van der Waals surface area contributed by atoms with Crippen LogP contribution in [0.25, 0.3) is 17.1 Å². The quantitative estimate of drug-likeness (QED) is 0.242. The molecule has 0 aliphatic rings. The Kier molecular flexibility index (Phi) is 8.40. The van der Waals surface area contributed by atoms with E-state index in [-0.39, 0.29) is 17.2 Å². The van der Waals surface area contributed by atoms with Gasteiger partial charge in [0.1, 0.15) is 11.5 Å². The van der Waals surface area contributed by atoms with E-state index in [1.165, 1.54) is 12.1 Å². The number of amides is 1. The molecule has 0 spiro atoms. The zero-order valence-corrected chi connectivity index (χ0v) is 20.6. The fourth-order valence-electron chi connectivity index (χ4n) is 3.35. The zero-order valence-electron chi connectivity index (χ0n) is 19.0. The van der Waals surface area contributed by atoms with Crippen molar-refractivity contribution in [2.75, 3.05) is 17.7 Å². The molecule has 0 radical (unpaired) electrons. The highest BCUT2D eigenvalue weighted by Crippen LogP contribution is 2.31. The second-order valence-corrected chi connectivity index (χ2v) is 8.67. The summed E-state index contributed by atoms with van der Waals surface area (Å²) in [6, 6.07) is 20.6. The fraction of sp³-hybridized carbons (Fsp3) is 0.160. The van der Waals surface area contributed by atoms with Gasteiger partial charge in [0.2, 0.25) is 5.91 Å². The van der Waals surface area contributed by atoms with Crippen molar-refractivity contribution in [2.45, 2.75) is 18.7 Å². The van der Waals surface area contributed by atoms with E-state index >= 15 is 0 Å². The number of nitrogens with zero attached hydrogens (tertiary/aromatic N) is 3. The van der Waals surface area contributed by atoms with Crippen LogP contribution < -0.4 is 14.8 Å². The number of aromatic nitrogens is 3. The van der Waals surface area contributed by atoms with E-state index in [9.17, 15) is 13.6 Å². The molecule has 1 N–H and O–H groups in total. The largest absolute Gasteiger partial charge is 0.494 e. The highest BCUT2D eigenvalue weighted by molar-refractivity contribution is 7.99. The smallest absolute Gasteiger partial charge is 0.387 e. The molecule has 1 amide bonds. The van der Waals surface area contributed by atoms with Crippen molar-refractivity contribution in [3.05, 3.63) is 77.8 Å². The van der Waals surface area contributed by atoms with Crippen LogP contribution in [-0.4, -0.2) is 39.6 Å². The van der Waals surface area contributed by atoms with E-state index in [1.807, 2.05) is 47.9 Å². The third-order valence-corrected chi connectivity index (χ3v) is 6.00. The molecule has 0 saturated carbocycles. The molecule has 4 aromatic rings. The number of rotatable bonds is 10. The van der Waals surface area contributed by atoms with Gasteiger partial charge in [-0.05, 0) is 55.5 Å². The summed E-state index contributed by atoms with van der Waals surface area (Å²) in [6.07, 6.45) is 0. The summed E-state index contributed by atoms with van der Waals surface area (Å²) in [4.78, 5) is 12.6. The van der Waals surface area contributed by atoms with Gasteiger partial charge in [0.05, 0.1) is 18.0 Å². The Balaban J connectivity index is 1.58. The number of para-hydroxylation sites is 2. The first-order chi connectivity index (χ1) is 17.4. The number of carbonyl (C=O) groups excluding carboxylic acids is 1. The molecule has 11 heteroatoms. The number of carbonyl (C=O) groups is 1. The average molecular weight is 531 g/mol. The second kappa shape index (κ2) is 11.9. The molecule has 0 saturated heterocycles. The second-order valence-electron chi connectivity index (χ2n) is 7.29. The lowest BCUT2D eigenvalue weighted by Gasteiger charge is -2.13. The maximum absolute atomic E-state index is 12.7. The van der Waals surface area contributed by atoms with Crippen molar-refractivity contribution in [1.82, 2.24) is 14.8 Å². The molecule has 3 aromatic carbocycles. The standard InChI is InChI=1S/C25H21ClF2N4O3S/c1-2-34-19-12-10-18(11-13-19)32-23(16-6-5-7-17(26)14-16)30-31-25(32)36-15-22(33)29-20-8-3-4-9-21(20)35-24(27)28/h3-14,24H,2,15H2,1H3,(H,29,33). The minimum atomic E-state index is -3.00. The molecule has 0 aliphatic heterocycles. The molecule has 7 nitrogen and oxygen atoms in total. The van der Waals surface area contributed by atoms with Crippen LogP contribution in [0, 0.1) is 0 Å². The van der Waals surface area contributed by atoms with Crippen molar-refractivity contribution < 1.29 is 23.0 Å². The van der Waals surface area contributed by atoms with E-state index < -0.39 is 12.5 Å². The molecule has 0 bridgehead atoms. The van der Waals surface area contributed by atoms with Gasteiger partial charge in [-0.15, -0.1) is 10.2 Å². The average Bonchev–Trinajstić information content (AvgIpc) is 3.28. The Morgan fingerprint density at radius 2 is 1.86 bits per heavy atom. The molecular formula is C25H21ClF2N4O3S. The minimum Gasteiger partial charge on any atom is -0.494 e. The topological polar surface area (TPSA) is 78.3 Å². The predicted molar refractivity (Wildman–Crippen MR) is 135 cm³/mol. The number of nitrogens with one attached hydrogen (secondary N) is 1. The van der Waals surface area contributed by atoms with Gasteiger partial charge < -0.3 is 14.8 Å². The van der Waals surface area contributed by atoms with Gasteiger partial charge in [-0.1, -0.05) is 47.6 Å². The van der Waals surface area contributed by atoms with E-state index in [0.29, 0.717) is 22.6 Å². The maximum atomic E-state index is 12.7. The summed E-state index contributed by atoms with van der Waals surface area (Å²) < 4.78 is 37.2. The number of anilines is 1. The highest BCUT2D eigenvalue weighted by atomic mass is 35.5. The van der Waals surface area contributed by atoms with Crippen molar-refractivity contribution in [2.24, 2.45) is 0 Å². The number of hydrogen-bond donors (Lipinski definition) is 1. The zero-order chi connectivity index (χ0) is 25.5. The Hall–Kier alpha value is -3.63. The molecule has 0 aliphatic carbocycles. The van der Waals surface area contributed by atoms with Crippen LogP contribution >= 0.6 is 23.4 Å². The predicted octanol–water partition coefficient (Wildman–Crippen LogP) is 6.32. The Morgan fingerprint density at radius 1 is 1.08 bits per heavy atom. The lowest BCUT2D eigenvalue weighted by atomic mass is 10.2. The van der Waals surface area contributed by atoms with Gasteiger partial charge in [-0.2, -0.15) is 8.78 Å². The number of halogens is 3. The van der Waals surface area contributed by atoms with Gasteiger partial charge in [-0.3, -0.25) is 9.36 Å². The lowest BCUT2D eigenvalue weighted by molar-refractivity contribution is -0.113. The van der Waals surface area contributed by atoms with Crippen molar-refractivity contribution in [3.63, 3.8) is 0 Å². The normalized spacial score (nSPS) is 10.9. The number of alkyl halides is 2. The minimum absolute atomic E-state index is 0.0479. The maximum Gasteiger partial charge on any atom is 0.387 e. The highest BCUT2D eigenvalue weighted by Gasteiger charge is 2.19. The van der Waals surface area contributed by atoms with Crippen LogP contribution in [0.15, 0.2) is 78.0 Å². The number of benzene rings is 3. The van der Waals surface area contributed by atoms with Crippen LogP contribution in [-0.2, 0) is 4.79 Å². The van der Waals surface area contributed by atoms with Gasteiger partial charge in [0, 0.05) is 16.3 Å². The molecule has 1 aromatic heterocycles. The number of thioether (sulfide) groups is 1. The van der Waals surface area contributed by atoms with Crippen molar-refractivity contribution in [3.8, 4) is 28.6 Å². The van der Waals surface area contributed by atoms with Crippen LogP contribution in [0.1, 0.15) is 6.92 Å². The summed E-state index contributed by atoms with van der Waals surface area (Å²) in [5, 5.41) is 12.2. The first-order valence-corrected chi connectivity index (χ1v) is 12.2. The van der Waals surface area contributed by atoms with E-state index in [2.05, 4.69) is 20.3 Å². The van der Waals surface area contributed by atoms with Gasteiger partial charge in [0.25, 0.3) is 0 Å². The SMILES string of the molecule is CCOc1ccc(-n2c(SCC(=O)Nc3ccccc3OC(F)F)nnc2-c2cccc(Cl)c2)cc1. The van der Waals surface area contributed by atoms with E-state index in [1.54, 1.807) is 24.3 Å². The third-order valence-electron chi connectivity index (χ3n) is 4.83. The molecule has 186 valence electrons. The molecule has 36 heavy (non-hydrogen) atoms.